The van der Waals surface area contributed by atoms with Crippen LogP contribution in [0.5, 0.6) is 5.88 Å². The second-order valence-corrected chi connectivity index (χ2v) is 6.53. The van der Waals surface area contributed by atoms with Crippen molar-refractivity contribution in [1.29, 1.82) is 0 Å². The quantitative estimate of drug-likeness (QED) is 0.393. The summed E-state index contributed by atoms with van der Waals surface area (Å²) < 4.78 is 6.91. The van der Waals surface area contributed by atoms with Crippen LogP contribution in [0.25, 0.3) is 16.8 Å². The van der Waals surface area contributed by atoms with Crippen LogP contribution in [0, 0.1) is 0 Å². The standard InChI is InChI=1S/C18H15N7O2S/c1-27-16-13(4-2-7-19-16)12-5-6-14-22-17(24-25(14)10-12)23-15(26)11-28-18-20-8-3-9-21-18/h2-10H,11H2,1H3,(H,23,24,26). The Balaban J connectivity index is 1.49. The molecule has 1 N–H and O–H groups in total. The van der Waals surface area contributed by atoms with Crippen LogP contribution in [-0.2, 0) is 4.79 Å². The minimum atomic E-state index is -0.234. The van der Waals surface area contributed by atoms with Gasteiger partial charge in [-0.25, -0.2) is 19.5 Å². The molecule has 0 unspecified atom stereocenters. The summed E-state index contributed by atoms with van der Waals surface area (Å²) in [5.41, 5.74) is 2.32. The Hall–Kier alpha value is -3.53. The lowest BCUT2D eigenvalue weighted by Gasteiger charge is -2.06. The Morgan fingerprint density at radius 2 is 1.96 bits per heavy atom. The van der Waals surface area contributed by atoms with Crippen LogP contribution in [0.1, 0.15) is 0 Å². The molecule has 4 heterocycles. The molecule has 0 radical (unpaired) electrons. The molecule has 0 aromatic carbocycles. The first-order valence-corrected chi connectivity index (χ1v) is 9.27. The first kappa shape index (κ1) is 17.9. The van der Waals surface area contributed by atoms with Crippen molar-refractivity contribution in [2.75, 3.05) is 18.2 Å². The molecule has 4 aromatic heterocycles. The van der Waals surface area contributed by atoms with E-state index < -0.39 is 0 Å². The zero-order valence-electron chi connectivity index (χ0n) is 14.8. The molecule has 0 fully saturated rings. The molecule has 0 aliphatic carbocycles. The number of amides is 1. The smallest absolute Gasteiger partial charge is 0.249 e. The molecule has 0 spiro atoms. The van der Waals surface area contributed by atoms with Crippen molar-refractivity contribution < 1.29 is 9.53 Å². The molecule has 0 bridgehead atoms. The van der Waals surface area contributed by atoms with Gasteiger partial charge in [0, 0.05) is 35.9 Å². The Bertz CT molecular complexity index is 1120. The second kappa shape index (κ2) is 8.01. The average Bonchev–Trinajstić information content (AvgIpc) is 3.14. The molecule has 0 saturated carbocycles. The number of carbonyl (C=O) groups excluding carboxylic acids is 1. The number of rotatable bonds is 6. The summed E-state index contributed by atoms with van der Waals surface area (Å²) >= 11 is 1.24. The van der Waals surface area contributed by atoms with Gasteiger partial charge in [-0.05, 0) is 30.3 Å². The summed E-state index contributed by atoms with van der Waals surface area (Å²) in [6.07, 6.45) is 6.74. The van der Waals surface area contributed by atoms with Gasteiger partial charge in [0.2, 0.25) is 17.7 Å². The third-order valence-corrected chi connectivity index (χ3v) is 4.61. The maximum Gasteiger partial charge on any atom is 0.249 e. The van der Waals surface area contributed by atoms with Crippen LogP contribution in [0.15, 0.2) is 60.3 Å². The fourth-order valence-electron chi connectivity index (χ4n) is 2.52. The number of hydrogen-bond acceptors (Lipinski definition) is 8. The van der Waals surface area contributed by atoms with E-state index in [-0.39, 0.29) is 17.6 Å². The molecule has 0 saturated heterocycles. The molecule has 0 aliphatic heterocycles. The van der Waals surface area contributed by atoms with Gasteiger partial charge in [-0.2, -0.15) is 4.98 Å². The minimum absolute atomic E-state index is 0.164. The fourth-order valence-corrected chi connectivity index (χ4v) is 3.12. The van der Waals surface area contributed by atoms with E-state index in [2.05, 4.69) is 30.4 Å². The summed E-state index contributed by atoms with van der Waals surface area (Å²) in [6.45, 7) is 0. The third-order valence-electron chi connectivity index (χ3n) is 3.73. The van der Waals surface area contributed by atoms with Crippen molar-refractivity contribution in [1.82, 2.24) is 29.5 Å². The Morgan fingerprint density at radius 1 is 1.14 bits per heavy atom. The summed E-state index contributed by atoms with van der Waals surface area (Å²) in [5, 5.41) is 7.55. The van der Waals surface area contributed by atoms with E-state index >= 15 is 0 Å². The lowest BCUT2D eigenvalue weighted by molar-refractivity contribution is -0.113. The number of methoxy groups -OCH3 is 1. The van der Waals surface area contributed by atoms with Gasteiger partial charge in [-0.15, -0.1) is 5.10 Å². The molecule has 140 valence electrons. The highest BCUT2D eigenvalue weighted by Crippen LogP contribution is 2.27. The monoisotopic (exact) mass is 393 g/mol. The molecule has 9 nitrogen and oxygen atoms in total. The van der Waals surface area contributed by atoms with E-state index in [0.717, 1.165) is 11.1 Å². The lowest BCUT2D eigenvalue weighted by atomic mass is 10.1. The molecule has 1 amide bonds. The van der Waals surface area contributed by atoms with Gasteiger partial charge in [0.1, 0.15) is 0 Å². The van der Waals surface area contributed by atoms with E-state index in [9.17, 15) is 4.79 Å². The molecule has 28 heavy (non-hydrogen) atoms. The first-order chi connectivity index (χ1) is 13.7. The van der Waals surface area contributed by atoms with Crippen LogP contribution in [-0.4, -0.2) is 48.3 Å². The van der Waals surface area contributed by atoms with Gasteiger partial charge in [0.15, 0.2) is 10.8 Å². The number of carbonyl (C=O) groups is 1. The number of pyridine rings is 2. The topological polar surface area (TPSA) is 107 Å². The number of nitrogens with zero attached hydrogens (tertiary/aromatic N) is 6. The van der Waals surface area contributed by atoms with Gasteiger partial charge in [0.25, 0.3) is 0 Å². The Kier molecular flexibility index (Phi) is 5.11. The van der Waals surface area contributed by atoms with Crippen molar-refractivity contribution in [3.05, 3.63) is 55.1 Å². The number of aromatic nitrogens is 6. The predicted molar refractivity (Wildman–Crippen MR) is 104 cm³/mol. The van der Waals surface area contributed by atoms with E-state index in [0.29, 0.717) is 16.7 Å². The summed E-state index contributed by atoms with van der Waals surface area (Å²) in [4.78, 5) is 28.8. The number of thioether (sulfide) groups is 1. The molecule has 10 heteroatoms. The molecule has 0 atom stereocenters. The highest BCUT2D eigenvalue weighted by molar-refractivity contribution is 7.99. The third kappa shape index (κ3) is 3.91. The van der Waals surface area contributed by atoms with Crippen LogP contribution < -0.4 is 10.1 Å². The maximum atomic E-state index is 12.1. The van der Waals surface area contributed by atoms with Gasteiger partial charge in [-0.1, -0.05) is 11.8 Å². The maximum absolute atomic E-state index is 12.1. The number of nitrogens with one attached hydrogen (secondary N) is 1. The van der Waals surface area contributed by atoms with Crippen molar-refractivity contribution in [2.24, 2.45) is 0 Å². The molecule has 4 rings (SSSR count). The molecular weight excluding hydrogens is 378 g/mol. The highest BCUT2D eigenvalue weighted by atomic mass is 32.2. The molecule has 0 aliphatic rings. The Morgan fingerprint density at radius 3 is 2.79 bits per heavy atom. The highest BCUT2D eigenvalue weighted by Gasteiger charge is 2.12. The number of anilines is 1. The zero-order valence-corrected chi connectivity index (χ0v) is 15.6. The van der Waals surface area contributed by atoms with Crippen molar-refractivity contribution in [2.45, 2.75) is 5.16 Å². The normalized spacial score (nSPS) is 10.8. The van der Waals surface area contributed by atoms with E-state index in [1.807, 2.05) is 30.5 Å². The number of hydrogen-bond donors (Lipinski definition) is 1. The number of ether oxygens (including phenoxy) is 1. The Labute approximate surface area is 164 Å². The van der Waals surface area contributed by atoms with Crippen LogP contribution in [0.3, 0.4) is 0 Å². The molecular formula is C18H15N7O2S. The fraction of sp³-hybridized carbons (Fsp3) is 0.111. The van der Waals surface area contributed by atoms with Crippen LogP contribution in [0.2, 0.25) is 0 Å². The minimum Gasteiger partial charge on any atom is -0.481 e. The predicted octanol–water partition coefficient (Wildman–Crippen LogP) is 2.32. The van der Waals surface area contributed by atoms with Crippen LogP contribution >= 0.6 is 11.8 Å². The van der Waals surface area contributed by atoms with Crippen molar-refractivity contribution >= 4 is 29.3 Å². The van der Waals surface area contributed by atoms with E-state index in [1.54, 1.807) is 36.3 Å². The van der Waals surface area contributed by atoms with E-state index in [1.165, 1.54) is 11.8 Å². The lowest BCUT2D eigenvalue weighted by Crippen LogP contribution is -2.15. The largest absolute Gasteiger partial charge is 0.481 e. The van der Waals surface area contributed by atoms with E-state index in [4.69, 9.17) is 4.74 Å². The van der Waals surface area contributed by atoms with Gasteiger partial charge >= 0.3 is 0 Å². The molecule has 4 aromatic rings. The van der Waals surface area contributed by atoms with Crippen molar-refractivity contribution in [3.63, 3.8) is 0 Å². The summed E-state index contributed by atoms with van der Waals surface area (Å²) in [5.74, 6) is 0.686. The average molecular weight is 393 g/mol. The second-order valence-electron chi connectivity index (χ2n) is 5.58. The van der Waals surface area contributed by atoms with Gasteiger partial charge in [-0.3, -0.25) is 10.1 Å². The van der Waals surface area contributed by atoms with Crippen LogP contribution in [0.4, 0.5) is 5.95 Å². The zero-order chi connectivity index (χ0) is 19.3. The van der Waals surface area contributed by atoms with Gasteiger partial charge < -0.3 is 4.74 Å². The summed E-state index contributed by atoms with van der Waals surface area (Å²) in [6, 6.07) is 9.19. The first-order valence-electron chi connectivity index (χ1n) is 8.28. The summed E-state index contributed by atoms with van der Waals surface area (Å²) in [7, 11) is 1.58. The van der Waals surface area contributed by atoms with Gasteiger partial charge in [0.05, 0.1) is 12.9 Å². The van der Waals surface area contributed by atoms with Crippen molar-refractivity contribution in [3.8, 4) is 17.0 Å². The SMILES string of the molecule is COc1ncccc1-c1ccc2nc(NC(=O)CSc3ncccn3)nn2c1. The number of fused-ring (bicyclic) bond motifs is 1.